The summed E-state index contributed by atoms with van der Waals surface area (Å²) in [4.78, 5) is 22.5. The van der Waals surface area contributed by atoms with E-state index in [-0.39, 0.29) is 12.5 Å². The highest BCUT2D eigenvalue weighted by atomic mass is 16.4. The van der Waals surface area contributed by atoms with Gasteiger partial charge in [-0.1, -0.05) is 20.3 Å². The van der Waals surface area contributed by atoms with Crippen molar-refractivity contribution in [2.24, 2.45) is 5.92 Å². The first-order chi connectivity index (χ1) is 8.04. The van der Waals surface area contributed by atoms with Gasteiger partial charge in [-0.3, -0.25) is 4.79 Å². The van der Waals surface area contributed by atoms with Gasteiger partial charge in [-0.25, -0.2) is 9.48 Å². The van der Waals surface area contributed by atoms with Crippen molar-refractivity contribution in [3.05, 3.63) is 6.33 Å². The molecule has 0 aliphatic heterocycles. The molecule has 1 rings (SSSR count). The van der Waals surface area contributed by atoms with Gasteiger partial charge in [-0.05, 0) is 16.3 Å². The van der Waals surface area contributed by atoms with Gasteiger partial charge in [0.2, 0.25) is 5.91 Å². The number of hydrogen-bond acceptors (Lipinski definition) is 5. The van der Waals surface area contributed by atoms with Crippen LogP contribution in [0.25, 0.3) is 0 Å². The van der Waals surface area contributed by atoms with E-state index in [2.05, 4.69) is 20.8 Å². The Morgan fingerprint density at radius 3 is 2.71 bits per heavy atom. The molecule has 1 amide bonds. The first-order valence-corrected chi connectivity index (χ1v) is 5.27. The molecule has 0 aliphatic rings. The number of rotatable bonds is 6. The monoisotopic (exact) mass is 241 g/mol. The van der Waals surface area contributed by atoms with Gasteiger partial charge in [0.15, 0.2) is 0 Å². The molecule has 1 unspecified atom stereocenters. The maximum atomic E-state index is 11.6. The van der Waals surface area contributed by atoms with Gasteiger partial charge in [0, 0.05) is 0 Å². The van der Waals surface area contributed by atoms with Crippen molar-refractivity contribution >= 4 is 11.9 Å². The fraction of sp³-hybridized carbons (Fsp3) is 0.667. The third-order valence-corrected chi connectivity index (χ3v) is 2.49. The predicted molar refractivity (Wildman–Crippen MR) is 56.8 cm³/mol. The number of carbonyl (C=O) groups excluding carboxylic acids is 1. The Morgan fingerprint density at radius 2 is 2.24 bits per heavy atom. The average molecular weight is 241 g/mol. The fourth-order valence-electron chi connectivity index (χ4n) is 1.30. The molecular weight excluding hydrogens is 226 g/mol. The van der Waals surface area contributed by atoms with E-state index in [0.29, 0.717) is 6.42 Å². The van der Waals surface area contributed by atoms with Crippen LogP contribution in [0.1, 0.15) is 20.3 Å². The first-order valence-electron chi connectivity index (χ1n) is 5.27. The van der Waals surface area contributed by atoms with Crippen molar-refractivity contribution in [3.63, 3.8) is 0 Å². The van der Waals surface area contributed by atoms with Gasteiger partial charge >= 0.3 is 5.97 Å². The molecule has 0 aromatic carbocycles. The second-order valence-electron chi connectivity index (χ2n) is 3.78. The van der Waals surface area contributed by atoms with Gasteiger partial charge in [-0.15, -0.1) is 5.10 Å². The molecule has 1 heterocycles. The Bertz CT molecular complexity index is 378. The number of nitrogens with one attached hydrogen (secondary N) is 1. The highest BCUT2D eigenvalue weighted by molar-refractivity contribution is 5.83. The van der Waals surface area contributed by atoms with E-state index in [4.69, 9.17) is 5.11 Å². The van der Waals surface area contributed by atoms with Crippen LogP contribution in [0.15, 0.2) is 6.33 Å². The molecule has 17 heavy (non-hydrogen) atoms. The molecule has 0 saturated carbocycles. The van der Waals surface area contributed by atoms with Crippen molar-refractivity contribution in [2.75, 3.05) is 0 Å². The molecule has 8 nitrogen and oxygen atoms in total. The maximum absolute atomic E-state index is 11.6. The number of carboxylic acids is 1. The quantitative estimate of drug-likeness (QED) is 0.680. The number of aliphatic carboxylic acids is 1. The van der Waals surface area contributed by atoms with Crippen LogP contribution in [-0.4, -0.2) is 43.2 Å². The van der Waals surface area contributed by atoms with Gasteiger partial charge in [-0.2, -0.15) is 0 Å². The van der Waals surface area contributed by atoms with Crippen LogP contribution in [0.2, 0.25) is 0 Å². The Labute approximate surface area is 98.0 Å². The van der Waals surface area contributed by atoms with Crippen LogP contribution in [0, 0.1) is 5.92 Å². The lowest BCUT2D eigenvalue weighted by molar-refractivity contribution is -0.143. The normalized spacial score (nSPS) is 14.0. The smallest absolute Gasteiger partial charge is 0.326 e. The number of nitrogens with zero attached hydrogens (tertiary/aromatic N) is 4. The van der Waals surface area contributed by atoms with Gasteiger partial charge in [0.1, 0.15) is 18.9 Å². The van der Waals surface area contributed by atoms with Crippen LogP contribution in [0.3, 0.4) is 0 Å². The summed E-state index contributed by atoms with van der Waals surface area (Å²) in [5.74, 6) is -1.60. The summed E-state index contributed by atoms with van der Waals surface area (Å²) >= 11 is 0. The Morgan fingerprint density at radius 1 is 1.53 bits per heavy atom. The number of tetrazole rings is 1. The predicted octanol–water partition coefficient (Wildman–Crippen LogP) is -0.711. The summed E-state index contributed by atoms with van der Waals surface area (Å²) in [5, 5.41) is 21.7. The molecule has 2 atom stereocenters. The molecule has 0 radical (unpaired) electrons. The molecule has 1 aromatic heterocycles. The molecule has 94 valence electrons. The third kappa shape index (κ3) is 3.82. The molecule has 0 bridgehead atoms. The lowest BCUT2D eigenvalue weighted by Crippen LogP contribution is -2.46. The zero-order valence-corrected chi connectivity index (χ0v) is 9.70. The number of carboxylic acid groups (broad SMARTS) is 1. The standard InChI is InChI=1S/C9H15N5O3/c1-3-6(2)8(9(16)17)11-7(15)4-14-5-10-12-13-14/h5-6,8H,3-4H2,1-2H3,(H,11,15)(H,16,17)/t6?,8-/m0/s1. The molecule has 0 spiro atoms. The fourth-order valence-corrected chi connectivity index (χ4v) is 1.30. The van der Waals surface area contributed by atoms with Crippen molar-refractivity contribution < 1.29 is 14.7 Å². The molecule has 1 aromatic rings. The van der Waals surface area contributed by atoms with E-state index in [1.807, 2.05) is 6.92 Å². The summed E-state index contributed by atoms with van der Waals surface area (Å²) in [6.07, 6.45) is 1.96. The first kappa shape index (κ1) is 13.1. The Kier molecular flexibility index (Phi) is 4.56. The topological polar surface area (TPSA) is 110 Å². The summed E-state index contributed by atoms with van der Waals surface area (Å²) in [7, 11) is 0. The number of hydrogen-bond donors (Lipinski definition) is 2. The van der Waals surface area contributed by atoms with Gasteiger partial charge < -0.3 is 10.4 Å². The van der Waals surface area contributed by atoms with Gasteiger partial charge in [0.25, 0.3) is 0 Å². The summed E-state index contributed by atoms with van der Waals surface area (Å²) in [5.41, 5.74) is 0. The van der Waals surface area contributed by atoms with E-state index in [0.717, 1.165) is 0 Å². The molecule has 0 fully saturated rings. The Balaban J connectivity index is 2.55. The lowest BCUT2D eigenvalue weighted by Gasteiger charge is -2.19. The largest absolute Gasteiger partial charge is 0.480 e. The Hall–Kier alpha value is -1.99. The minimum Gasteiger partial charge on any atom is -0.480 e. The van der Waals surface area contributed by atoms with Crippen molar-refractivity contribution in [1.82, 2.24) is 25.5 Å². The van der Waals surface area contributed by atoms with Gasteiger partial charge in [0.05, 0.1) is 0 Å². The van der Waals surface area contributed by atoms with Crippen molar-refractivity contribution in [3.8, 4) is 0 Å². The van der Waals surface area contributed by atoms with Crippen LogP contribution in [0.5, 0.6) is 0 Å². The minimum absolute atomic E-state index is 0.0901. The van der Waals surface area contributed by atoms with E-state index >= 15 is 0 Å². The highest BCUT2D eigenvalue weighted by Crippen LogP contribution is 2.07. The number of carbonyl (C=O) groups is 2. The van der Waals surface area contributed by atoms with E-state index in [1.165, 1.54) is 11.0 Å². The summed E-state index contributed by atoms with van der Waals surface area (Å²) in [6, 6.07) is -0.885. The summed E-state index contributed by atoms with van der Waals surface area (Å²) in [6.45, 7) is 3.55. The number of aromatic nitrogens is 4. The SMILES string of the molecule is CCC(C)[C@H](NC(=O)Cn1cnnn1)C(=O)O. The third-order valence-electron chi connectivity index (χ3n) is 2.49. The molecule has 0 saturated heterocycles. The second-order valence-corrected chi connectivity index (χ2v) is 3.78. The van der Waals surface area contributed by atoms with E-state index < -0.39 is 17.9 Å². The second kappa shape index (κ2) is 5.92. The lowest BCUT2D eigenvalue weighted by atomic mass is 9.99. The van der Waals surface area contributed by atoms with Crippen molar-refractivity contribution in [1.29, 1.82) is 0 Å². The molecule has 0 aliphatic carbocycles. The van der Waals surface area contributed by atoms with E-state index in [9.17, 15) is 9.59 Å². The average Bonchev–Trinajstić information content (AvgIpc) is 2.77. The maximum Gasteiger partial charge on any atom is 0.326 e. The highest BCUT2D eigenvalue weighted by Gasteiger charge is 2.25. The zero-order valence-electron chi connectivity index (χ0n) is 9.70. The van der Waals surface area contributed by atoms with E-state index in [1.54, 1.807) is 6.92 Å². The molecule has 8 heteroatoms. The summed E-state index contributed by atoms with van der Waals surface area (Å²) < 4.78 is 1.23. The van der Waals surface area contributed by atoms with Crippen LogP contribution in [-0.2, 0) is 16.1 Å². The molecule has 2 N–H and O–H groups in total. The zero-order chi connectivity index (χ0) is 12.8. The van der Waals surface area contributed by atoms with Crippen molar-refractivity contribution in [2.45, 2.75) is 32.9 Å². The van der Waals surface area contributed by atoms with Crippen LogP contribution < -0.4 is 5.32 Å². The van der Waals surface area contributed by atoms with Crippen LogP contribution in [0.4, 0.5) is 0 Å². The van der Waals surface area contributed by atoms with Crippen LogP contribution >= 0.6 is 0 Å². The number of amides is 1. The molecular formula is C9H15N5O3. The minimum atomic E-state index is -1.04.